The number of sulfonamides is 1. The molecule has 0 saturated carbocycles. The molecule has 0 amide bonds. The van der Waals surface area contributed by atoms with Gasteiger partial charge in [-0.3, -0.25) is 4.31 Å². The summed E-state index contributed by atoms with van der Waals surface area (Å²) < 4.78 is 34.8. The summed E-state index contributed by atoms with van der Waals surface area (Å²) in [6.07, 6.45) is 7.12. The fourth-order valence-electron chi connectivity index (χ4n) is 4.21. The molecule has 0 atom stereocenters. The van der Waals surface area contributed by atoms with Gasteiger partial charge in [0.1, 0.15) is 12.7 Å². The van der Waals surface area contributed by atoms with E-state index in [1.807, 2.05) is 53.1 Å². The summed E-state index contributed by atoms with van der Waals surface area (Å²) in [6.45, 7) is 0.391. The maximum absolute atomic E-state index is 13.1. The van der Waals surface area contributed by atoms with Crippen molar-refractivity contribution in [2.45, 2.75) is 17.9 Å². The van der Waals surface area contributed by atoms with Crippen LogP contribution in [0.1, 0.15) is 22.3 Å². The first-order valence-corrected chi connectivity index (χ1v) is 12.5. The number of hydrogen-bond acceptors (Lipinski definition) is 5. The lowest BCUT2D eigenvalue weighted by atomic mass is 10.2. The Balaban J connectivity index is 1.24. The molecule has 0 aliphatic carbocycles. The van der Waals surface area contributed by atoms with Crippen molar-refractivity contribution in [2.75, 3.05) is 10.8 Å². The quantitative estimate of drug-likeness (QED) is 0.301. The molecule has 1 aliphatic rings. The van der Waals surface area contributed by atoms with Gasteiger partial charge in [0.15, 0.2) is 0 Å². The molecule has 0 spiro atoms. The van der Waals surface area contributed by atoms with Gasteiger partial charge in [0.05, 0.1) is 21.7 Å². The molecular formula is C27H21N3O4S. The minimum Gasteiger partial charge on any atom is -0.458 e. The van der Waals surface area contributed by atoms with Gasteiger partial charge in [0.2, 0.25) is 0 Å². The van der Waals surface area contributed by atoms with Crippen LogP contribution < -0.4 is 4.31 Å². The van der Waals surface area contributed by atoms with Crippen molar-refractivity contribution >= 4 is 33.3 Å². The third-order valence-corrected chi connectivity index (χ3v) is 7.80. The molecule has 0 radical (unpaired) electrons. The molecular weight excluding hydrogens is 462 g/mol. The number of rotatable bonds is 6. The van der Waals surface area contributed by atoms with Crippen LogP contribution in [0.15, 0.2) is 90.1 Å². The van der Waals surface area contributed by atoms with Crippen LogP contribution in [-0.4, -0.2) is 25.3 Å². The molecule has 2 aromatic carbocycles. The van der Waals surface area contributed by atoms with Crippen LogP contribution in [0.4, 0.5) is 5.69 Å². The lowest BCUT2D eigenvalue weighted by Crippen LogP contribution is -2.29. The predicted molar refractivity (Wildman–Crippen MR) is 132 cm³/mol. The van der Waals surface area contributed by atoms with Gasteiger partial charge in [-0.2, -0.15) is 5.26 Å². The predicted octanol–water partition coefficient (Wildman–Crippen LogP) is 4.32. The molecule has 174 valence electrons. The molecule has 7 nitrogen and oxygen atoms in total. The zero-order chi connectivity index (χ0) is 24.4. The molecule has 0 saturated heterocycles. The maximum atomic E-state index is 13.1. The molecule has 4 aromatic rings. The number of carbonyl (C=O) groups is 1. The zero-order valence-electron chi connectivity index (χ0n) is 18.7. The Bertz CT molecular complexity index is 1600. The van der Waals surface area contributed by atoms with Gasteiger partial charge >= 0.3 is 5.97 Å². The second kappa shape index (κ2) is 9.12. The SMILES string of the molecule is N#Cc1c(COC(=O)/C=C/c2ccc(S(=O)(=O)N3CCc4ccccc43)cc2)cn2ccccc12. The Morgan fingerprint density at radius 1 is 1.06 bits per heavy atom. The number of esters is 1. The molecule has 2 aromatic heterocycles. The number of benzene rings is 2. The fraction of sp³-hybridized carbons (Fsp3) is 0.111. The van der Waals surface area contributed by atoms with Gasteiger partial charge in [-0.1, -0.05) is 36.4 Å². The average molecular weight is 484 g/mol. The molecule has 0 N–H and O–H groups in total. The normalized spacial score (nSPS) is 13.2. The van der Waals surface area contributed by atoms with Gasteiger partial charge < -0.3 is 9.14 Å². The summed E-state index contributed by atoms with van der Waals surface area (Å²) in [4.78, 5) is 12.4. The number of pyridine rings is 1. The molecule has 5 rings (SSSR count). The number of para-hydroxylation sites is 1. The minimum absolute atomic E-state index is 0.0256. The summed E-state index contributed by atoms with van der Waals surface area (Å²) in [5.41, 5.74) is 4.25. The van der Waals surface area contributed by atoms with Gasteiger partial charge in [-0.15, -0.1) is 0 Å². The average Bonchev–Trinajstić information content (AvgIpc) is 3.48. The van der Waals surface area contributed by atoms with Crippen LogP contribution in [0.2, 0.25) is 0 Å². The van der Waals surface area contributed by atoms with Crippen LogP contribution in [0.3, 0.4) is 0 Å². The Morgan fingerprint density at radius 2 is 1.83 bits per heavy atom. The molecule has 8 heteroatoms. The number of hydrogen-bond donors (Lipinski definition) is 0. The highest BCUT2D eigenvalue weighted by molar-refractivity contribution is 7.92. The van der Waals surface area contributed by atoms with Crippen molar-refractivity contribution in [2.24, 2.45) is 0 Å². The van der Waals surface area contributed by atoms with Gasteiger partial charge in [-0.25, -0.2) is 13.2 Å². The van der Waals surface area contributed by atoms with Crippen LogP contribution in [0, 0.1) is 11.3 Å². The lowest BCUT2D eigenvalue weighted by molar-refractivity contribution is -0.138. The highest BCUT2D eigenvalue weighted by Gasteiger charge is 2.30. The van der Waals surface area contributed by atoms with Gasteiger partial charge in [0.25, 0.3) is 10.0 Å². The number of nitrogens with zero attached hydrogens (tertiary/aromatic N) is 3. The summed E-state index contributed by atoms with van der Waals surface area (Å²) in [6, 6.07) is 21.5. The fourth-order valence-corrected chi connectivity index (χ4v) is 5.72. The van der Waals surface area contributed by atoms with E-state index in [-0.39, 0.29) is 11.5 Å². The van der Waals surface area contributed by atoms with E-state index in [9.17, 15) is 18.5 Å². The number of ether oxygens (including phenoxy) is 1. The van der Waals surface area contributed by atoms with Crippen LogP contribution in [0.5, 0.6) is 0 Å². The highest BCUT2D eigenvalue weighted by atomic mass is 32.2. The largest absolute Gasteiger partial charge is 0.458 e. The van der Waals surface area contributed by atoms with Crippen LogP contribution in [0.25, 0.3) is 11.6 Å². The molecule has 0 unspecified atom stereocenters. The van der Waals surface area contributed by atoms with Crippen molar-refractivity contribution in [1.29, 1.82) is 5.26 Å². The van der Waals surface area contributed by atoms with Crippen LogP contribution in [-0.2, 0) is 32.6 Å². The van der Waals surface area contributed by atoms with E-state index in [4.69, 9.17) is 4.74 Å². The van der Waals surface area contributed by atoms with E-state index in [0.29, 0.717) is 29.7 Å². The number of aromatic nitrogens is 1. The van der Waals surface area contributed by atoms with Crippen LogP contribution >= 0.6 is 0 Å². The molecule has 3 heterocycles. The summed E-state index contributed by atoms with van der Waals surface area (Å²) in [7, 11) is -3.67. The second-order valence-corrected chi connectivity index (χ2v) is 9.96. The molecule has 0 fully saturated rings. The van der Waals surface area contributed by atoms with Crippen molar-refractivity contribution in [3.8, 4) is 6.07 Å². The van der Waals surface area contributed by atoms with E-state index in [1.54, 1.807) is 24.4 Å². The number of anilines is 1. The van der Waals surface area contributed by atoms with Gasteiger partial charge in [0, 0.05) is 30.6 Å². The first-order chi connectivity index (χ1) is 17.0. The van der Waals surface area contributed by atoms with Crippen molar-refractivity contribution in [1.82, 2.24) is 4.40 Å². The minimum atomic E-state index is -3.67. The molecule has 35 heavy (non-hydrogen) atoms. The van der Waals surface area contributed by atoms with E-state index in [2.05, 4.69) is 6.07 Å². The maximum Gasteiger partial charge on any atom is 0.331 e. The highest BCUT2D eigenvalue weighted by Crippen LogP contribution is 2.32. The van der Waals surface area contributed by atoms with E-state index < -0.39 is 16.0 Å². The number of carbonyl (C=O) groups excluding carboxylic acids is 1. The number of fused-ring (bicyclic) bond motifs is 2. The van der Waals surface area contributed by atoms with Crippen molar-refractivity contribution < 1.29 is 17.9 Å². The Hall–Kier alpha value is -4.35. The van der Waals surface area contributed by atoms with Crippen molar-refractivity contribution in [3.63, 3.8) is 0 Å². The smallest absolute Gasteiger partial charge is 0.331 e. The lowest BCUT2D eigenvalue weighted by Gasteiger charge is -2.19. The summed E-state index contributed by atoms with van der Waals surface area (Å²) >= 11 is 0. The summed E-state index contributed by atoms with van der Waals surface area (Å²) in [5, 5.41) is 9.46. The standard InChI is InChI=1S/C27H21N3O4S/c28-17-24-22(18-29-15-4-3-7-26(24)29)19-34-27(31)13-10-20-8-11-23(12-9-20)35(32,33)30-16-14-21-5-1-2-6-25(21)30/h1-13,15,18H,14,16,19H2/b13-10+. The second-order valence-electron chi connectivity index (χ2n) is 8.10. The first kappa shape index (κ1) is 22.4. The Kier molecular flexibility index (Phi) is 5.85. The third kappa shape index (κ3) is 4.29. The number of nitriles is 1. The molecule has 0 bridgehead atoms. The van der Waals surface area contributed by atoms with E-state index in [1.165, 1.54) is 22.5 Å². The van der Waals surface area contributed by atoms with Crippen molar-refractivity contribution in [3.05, 3.63) is 107 Å². The van der Waals surface area contributed by atoms with Gasteiger partial charge in [-0.05, 0) is 54.0 Å². The van der Waals surface area contributed by atoms with E-state index >= 15 is 0 Å². The monoisotopic (exact) mass is 483 g/mol. The van der Waals surface area contributed by atoms with E-state index in [0.717, 1.165) is 16.8 Å². The molecule has 1 aliphatic heterocycles. The Labute approximate surface area is 203 Å². The third-order valence-electron chi connectivity index (χ3n) is 5.97. The zero-order valence-corrected chi connectivity index (χ0v) is 19.5. The summed E-state index contributed by atoms with van der Waals surface area (Å²) in [5.74, 6) is -0.561. The Morgan fingerprint density at radius 3 is 2.63 bits per heavy atom. The topological polar surface area (TPSA) is 91.9 Å². The first-order valence-electron chi connectivity index (χ1n) is 11.0.